The number of aromatic amines is 1. The van der Waals surface area contributed by atoms with Crippen LogP contribution in [0.1, 0.15) is 10.4 Å². The molecule has 2 N–H and O–H groups in total. The second-order valence-corrected chi connectivity index (χ2v) is 5.30. The summed E-state index contributed by atoms with van der Waals surface area (Å²) >= 11 is 0. The maximum absolute atomic E-state index is 12.7. The average Bonchev–Trinajstić information content (AvgIpc) is 3.27. The molecule has 4 aromatic rings. The summed E-state index contributed by atoms with van der Waals surface area (Å²) in [6, 6.07) is 11.6. The fraction of sp³-hybridized carbons (Fsp3) is 0.0588. The Hall–Kier alpha value is -3.28. The predicted octanol–water partition coefficient (Wildman–Crippen LogP) is 2.94. The van der Waals surface area contributed by atoms with E-state index >= 15 is 0 Å². The van der Waals surface area contributed by atoms with Crippen LogP contribution in [-0.4, -0.2) is 25.2 Å². The minimum atomic E-state index is -0.191. The number of rotatable bonds is 3. The van der Waals surface area contributed by atoms with E-state index in [1.807, 2.05) is 66.6 Å². The average molecular weight is 305 g/mol. The quantitative estimate of drug-likeness (QED) is 0.611. The number of hydrogen-bond acceptors (Lipinski definition) is 2. The molecule has 0 aliphatic carbocycles. The number of nitrogens with one attached hydrogen (secondary N) is 2. The van der Waals surface area contributed by atoms with Gasteiger partial charge in [-0.3, -0.25) is 9.48 Å². The van der Waals surface area contributed by atoms with E-state index in [0.29, 0.717) is 5.56 Å². The van der Waals surface area contributed by atoms with Crippen LogP contribution in [0.2, 0.25) is 0 Å². The summed E-state index contributed by atoms with van der Waals surface area (Å²) in [4.78, 5) is 15.9. The smallest absolute Gasteiger partial charge is 0.261 e. The third-order valence-corrected chi connectivity index (χ3v) is 3.84. The lowest BCUT2D eigenvalue weighted by Crippen LogP contribution is -2.15. The van der Waals surface area contributed by atoms with Crippen LogP contribution in [0.3, 0.4) is 0 Å². The number of aryl methyl sites for hydroxylation is 1. The third-order valence-electron chi connectivity index (χ3n) is 3.84. The van der Waals surface area contributed by atoms with Crippen LogP contribution in [0.25, 0.3) is 16.7 Å². The number of aromatic nitrogens is 4. The van der Waals surface area contributed by atoms with Crippen LogP contribution < -0.4 is 5.32 Å². The van der Waals surface area contributed by atoms with Gasteiger partial charge in [-0.1, -0.05) is 12.1 Å². The van der Waals surface area contributed by atoms with E-state index in [1.165, 1.54) is 0 Å². The molecular formula is C17H15N5O. The summed E-state index contributed by atoms with van der Waals surface area (Å²) in [6.07, 6.45) is 7.22. The Morgan fingerprint density at radius 3 is 2.83 bits per heavy atom. The van der Waals surface area contributed by atoms with E-state index < -0.39 is 0 Å². The summed E-state index contributed by atoms with van der Waals surface area (Å²) in [5.41, 5.74) is 2.18. The highest BCUT2D eigenvalue weighted by Gasteiger charge is 2.18. The number of carbonyl (C=O) groups is 1. The molecule has 0 aliphatic rings. The van der Waals surface area contributed by atoms with Crippen LogP contribution in [0, 0.1) is 0 Å². The van der Waals surface area contributed by atoms with Gasteiger partial charge in [0.25, 0.3) is 5.91 Å². The van der Waals surface area contributed by atoms with Gasteiger partial charge in [0.15, 0.2) is 0 Å². The maximum Gasteiger partial charge on any atom is 0.261 e. The van der Waals surface area contributed by atoms with E-state index in [0.717, 1.165) is 22.4 Å². The second-order valence-electron chi connectivity index (χ2n) is 5.30. The first kappa shape index (κ1) is 13.4. The van der Waals surface area contributed by atoms with Crippen molar-refractivity contribution in [2.45, 2.75) is 0 Å². The minimum absolute atomic E-state index is 0.191. The standard InChI is InChI=1S/C17H15N5O/c1-21-17(22-9-2-3-10-22)13(11-19-21)16(23)20-14-6-4-5-12-7-8-18-15(12)14/h2-11,18H,1H3,(H,20,23). The van der Waals surface area contributed by atoms with Crippen LogP contribution in [-0.2, 0) is 7.05 Å². The van der Waals surface area contributed by atoms with Crippen molar-refractivity contribution < 1.29 is 4.79 Å². The van der Waals surface area contributed by atoms with E-state index in [4.69, 9.17) is 0 Å². The molecule has 0 radical (unpaired) electrons. The van der Waals surface area contributed by atoms with Gasteiger partial charge in [0.2, 0.25) is 0 Å². The van der Waals surface area contributed by atoms with E-state index in [9.17, 15) is 4.79 Å². The largest absolute Gasteiger partial charge is 0.359 e. The number of anilines is 1. The summed E-state index contributed by atoms with van der Waals surface area (Å²) in [5.74, 6) is 0.537. The van der Waals surface area contributed by atoms with Crippen LogP contribution in [0.15, 0.2) is 61.2 Å². The zero-order chi connectivity index (χ0) is 15.8. The van der Waals surface area contributed by atoms with Crippen LogP contribution in [0.4, 0.5) is 5.69 Å². The van der Waals surface area contributed by atoms with Crippen molar-refractivity contribution in [1.82, 2.24) is 19.3 Å². The van der Waals surface area contributed by atoms with Crippen molar-refractivity contribution in [1.29, 1.82) is 0 Å². The Bertz CT molecular complexity index is 978. The van der Waals surface area contributed by atoms with E-state index in [2.05, 4.69) is 15.4 Å². The topological polar surface area (TPSA) is 67.6 Å². The van der Waals surface area contributed by atoms with E-state index in [1.54, 1.807) is 10.9 Å². The summed E-state index contributed by atoms with van der Waals surface area (Å²) in [5, 5.41) is 8.24. The number of hydrogen-bond donors (Lipinski definition) is 2. The van der Waals surface area contributed by atoms with E-state index in [-0.39, 0.29) is 5.91 Å². The summed E-state index contributed by atoms with van der Waals surface area (Å²) in [7, 11) is 1.82. The van der Waals surface area contributed by atoms with Crippen LogP contribution in [0.5, 0.6) is 0 Å². The molecule has 0 saturated heterocycles. The fourth-order valence-electron chi connectivity index (χ4n) is 2.75. The molecule has 1 amide bonds. The summed E-state index contributed by atoms with van der Waals surface area (Å²) < 4.78 is 3.56. The number of benzene rings is 1. The van der Waals surface area contributed by atoms with Crippen molar-refractivity contribution in [2.24, 2.45) is 7.05 Å². The highest BCUT2D eigenvalue weighted by Crippen LogP contribution is 2.23. The van der Waals surface area contributed by atoms with Crippen molar-refractivity contribution in [3.63, 3.8) is 0 Å². The van der Waals surface area contributed by atoms with Crippen molar-refractivity contribution in [3.05, 3.63) is 66.7 Å². The Labute approximate surface area is 132 Å². The highest BCUT2D eigenvalue weighted by atomic mass is 16.1. The summed E-state index contributed by atoms with van der Waals surface area (Å²) in [6.45, 7) is 0. The normalized spacial score (nSPS) is 11.0. The number of H-pyrrole nitrogens is 1. The second kappa shape index (κ2) is 5.17. The van der Waals surface area contributed by atoms with Crippen LogP contribution >= 0.6 is 0 Å². The lowest BCUT2D eigenvalue weighted by Gasteiger charge is -2.09. The molecule has 0 saturated carbocycles. The molecule has 0 spiro atoms. The molecule has 23 heavy (non-hydrogen) atoms. The Balaban J connectivity index is 1.72. The first-order valence-corrected chi connectivity index (χ1v) is 7.27. The Kier molecular flexibility index (Phi) is 3.01. The Morgan fingerprint density at radius 1 is 1.17 bits per heavy atom. The molecule has 3 aromatic heterocycles. The first-order valence-electron chi connectivity index (χ1n) is 7.27. The van der Waals surface area contributed by atoms with Gasteiger partial charge in [0.1, 0.15) is 11.4 Å². The number of nitrogens with zero attached hydrogens (tertiary/aromatic N) is 3. The number of carbonyl (C=O) groups excluding carboxylic acids is 1. The Morgan fingerprint density at radius 2 is 2.00 bits per heavy atom. The molecule has 0 aliphatic heterocycles. The highest BCUT2D eigenvalue weighted by molar-refractivity contribution is 6.09. The van der Waals surface area contributed by atoms with Gasteiger partial charge in [0.05, 0.1) is 17.4 Å². The third kappa shape index (κ3) is 2.20. The zero-order valence-corrected chi connectivity index (χ0v) is 12.5. The monoisotopic (exact) mass is 305 g/mol. The van der Waals surface area contributed by atoms with Gasteiger partial charge in [-0.05, 0) is 24.3 Å². The SMILES string of the molecule is Cn1ncc(C(=O)Nc2cccc3cc[nH]c23)c1-n1cccc1. The van der Waals surface area contributed by atoms with Gasteiger partial charge < -0.3 is 14.9 Å². The number of para-hydroxylation sites is 1. The molecule has 0 fully saturated rings. The van der Waals surface area contributed by atoms with Crippen molar-refractivity contribution in [3.8, 4) is 5.82 Å². The molecule has 6 nitrogen and oxygen atoms in total. The van der Waals surface area contributed by atoms with Gasteiger partial charge >= 0.3 is 0 Å². The molecule has 0 unspecified atom stereocenters. The molecule has 0 atom stereocenters. The predicted molar refractivity (Wildman–Crippen MR) is 88.8 cm³/mol. The molecule has 1 aromatic carbocycles. The number of amides is 1. The maximum atomic E-state index is 12.7. The van der Waals surface area contributed by atoms with Crippen molar-refractivity contribution in [2.75, 3.05) is 5.32 Å². The van der Waals surface area contributed by atoms with Gasteiger partial charge in [0, 0.05) is 31.0 Å². The number of fused-ring (bicyclic) bond motifs is 1. The molecule has 3 heterocycles. The molecular weight excluding hydrogens is 290 g/mol. The lowest BCUT2D eigenvalue weighted by molar-refractivity contribution is 0.102. The lowest BCUT2D eigenvalue weighted by atomic mass is 10.2. The fourth-order valence-corrected chi connectivity index (χ4v) is 2.75. The first-order chi connectivity index (χ1) is 11.2. The molecule has 6 heteroatoms. The molecule has 4 rings (SSSR count). The van der Waals surface area contributed by atoms with Gasteiger partial charge in [-0.25, -0.2) is 0 Å². The minimum Gasteiger partial charge on any atom is -0.359 e. The van der Waals surface area contributed by atoms with Gasteiger partial charge in [-0.2, -0.15) is 5.10 Å². The van der Waals surface area contributed by atoms with Gasteiger partial charge in [-0.15, -0.1) is 0 Å². The molecule has 114 valence electrons. The zero-order valence-electron chi connectivity index (χ0n) is 12.5. The van der Waals surface area contributed by atoms with Crippen molar-refractivity contribution >= 4 is 22.5 Å². The molecule has 0 bridgehead atoms.